The Kier molecular flexibility index (Phi) is 8.78. The minimum atomic E-state index is -0.540. The average Bonchev–Trinajstić information content (AvgIpc) is 3.00. The lowest BCUT2D eigenvalue weighted by molar-refractivity contribution is -0.245. The molecule has 1 aliphatic heterocycles. The summed E-state index contributed by atoms with van der Waals surface area (Å²) in [4.78, 5) is 21.0. The molecule has 2 N–H and O–H groups in total. The van der Waals surface area contributed by atoms with E-state index >= 15 is 0 Å². The zero-order valence-corrected chi connectivity index (χ0v) is 21.6. The molecule has 0 saturated carbocycles. The van der Waals surface area contributed by atoms with E-state index in [1.165, 1.54) is 0 Å². The quantitative estimate of drug-likeness (QED) is 0.227. The van der Waals surface area contributed by atoms with Gasteiger partial charge in [0.2, 0.25) is 0 Å². The highest BCUT2D eigenvalue weighted by atomic mass is 32.2. The summed E-state index contributed by atoms with van der Waals surface area (Å²) in [7, 11) is 0. The summed E-state index contributed by atoms with van der Waals surface area (Å²) in [5, 5.41) is 13.1. The molecule has 0 spiro atoms. The largest absolute Gasteiger partial charge is 0.392 e. The average molecular weight is 528 g/mol. The van der Waals surface area contributed by atoms with E-state index in [1.54, 1.807) is 42.4 Å². The van der Waals surface area contributed by atoms with Crippen molar-refractivity contribution in [2.75, 3.05) is 5.75 Å². The molecule has 1 saturated heterocycles. The van der Waals surface area contributed by atoms with Gasteiger partial charge in [0.25, 0.3) is 5.91 Å². The molecule has 1 amide bonds. The predicted molar refractivity (Wildman–Crippen MR) is 145 cm³/mol. The standard InChI is InChI=1S/C30H29N3O4S/c34-19-22-9-11-23(12-10-22)27-17-26(20-38-30-31-15-4-16-32-30)36-29(37-27)25-13-7-21(8-14-25)18-33-28(35)24-5-2-1-3-6-24/h1-16,26-27,29,34H,17-20H2,(H,33,35)/t26-,27+,29+/m0/s1. The second-order valence-electron chi connectivity index (χ2n) is 8.98. The molecular weight excluding hydrogens is 498 g/mol. The van der Waals surface area contributed by atoms with Gasteiger partial charge in [-0.3, -0.25) is 4.79 Å². The van der Waals surface area contributed by atoms with Crippen LogP contribution in [0.25, 0.3) is 0 Å². The van der Waals surface area contributed by atoms with Gasteiger partial charge in [-0.1, -0.05) is 78.5 Å². The summed E-state index contributed by atoms with van der Waals surface area (Å²) in [5.74, 6) is 0.588. The molecule has 4 aromatic rings. The van der Waals surface area contributed by atoms with Gasteiger partial charge in [0.05, 0.1) is 18.8 Å². The molecule has 2 heterocycles. The van der Waals surface area contributed by atoms with Crippen molar-refractivity contribution >= 4 is 17.7 Å². The highest BCUT2D eigenvalue weighted by Gasteiger charge is 2.32. The maximum Gasteiger partial charge on any atom is 0.251 e. The Hall–Kier alpha value is -3.56. The molecule has 3 atom stereocenters. The number of nitrogens with one attached hydrogen (secondary N) is 1. The maximum absolute atomic E-state index is 12.4. The van der Waals surface area contributed by atoms with E-state index in [-0.39, 0.29) is 24.7 Å². The third-order valence-electron chi connectivity index (χ3n) is 6.30. The molecule has 7 nitrogen and oxygen atoms in total. The molecule has 0 radical (unpaired) electrons. The Morgan fingerprint density at radius 2 is 1.55 bits per heavy atom. The van der Waals surface area contributed by atoms with Crippen LogP contribution in [0.1, 0.15) is 51.4 Å². The summed E-state index contributed by atoms with van der Waals surface area (Å²) >= 11 is 1.56. The summed E-state index contributed by atoms with van der Waals surface area (Å²) in [6, 6.07) is 26.7. The normalized spacial score (nSPS) is 19.1. The third kappa shape index (κ3) is 6.85. The number of aliphatic hydroxyl groups excluding tert-OH is 1. The first-order chi connectivity index (χ1) is 18.7. The van der Waals surface area contributed by atoms with Crippen LogP contribution in [-0.2, 0) is 22.6 Å². The first kappa shape index (κ1) is 26.1. The van der Waals surface area contributed by atoms with Crippen molar-refractivity contribution < 1.29 is 19.4 Å². The molecule has 1 fully saturated rings. The molecule has 1 aromatic heterocycles. The number of hydrogen-bond acceptors (Lipinski definition) is 7. The Morgan fingerprint density at radius 3 is 2.26 bits per heavy atom. The van der Waals surface area contributed by atoms with Crippen molar-refractivity contribution in [1.29, 1.82) is 0 Å². The van der Waals surface area contributed by atoms with Crippen molar-refractivity contribution in [3.63, 3.8) is 0 Å². The molecule has 5 rings (SSSR count). The number of carbonyl (C=O) groups is 1. The second kappa shape index (κ2) is 12.8. The van der Waals surface area contributed by atoms with Gasteiger partial charge in [0.1, 0.15) is 0 Å². The van der Waals surface area contributed by atoms with E-state index in [4.69, 9.17) is 9.47 Å². The summed E-state index contributed by atoms with van der Waals surface area (Å²) in [6.07, 6.45) is 3.39. The maximum atomic E-state index is 12.4. The van der Waals surface area contributed by atoms with E-state index in [0.717, 1.165) is 22.3 Å². The fraction of sp³-hybridized carbons (Fsp3) is 0.233. The van der Waals surface area contributed by atoms with Crippen LogP contribution >= 0.6 is 11.8 Å². The smallest absolute Gasteiger partial charge is 0.251 e. The number of aromatic nitrogens is 2. The van der Waals surface area contributed by atoms with Gasteiger partial charge in [-0.05, 0) is 34.9 Å². The van der Waals surface area contributed by atoms with Crippen LogP contribution in [0.15, 0.2) is 102 Å². The number of aliphatic hydroxyl groups is 1. The molecule has 1 aliphatic rings. The van der Waals surface area contributed by atoms with Crippen molar-refractivity contribution in [1.82, 2.24) is 15.3 Å². The monoisotopic (exact) mass is 527 g/mol. The van der Waals surface area contributed by atoms with Crippen LogP contribution in [0.4, 0.5) is 0 Å². The van der Waals surface area contributed by atoms with Crippen LogP contribution in [-0.4, -0.2) is 32.8 Å². The van der Waals surface area contributed by atoms with E-state index in [2.05, 4.69) is 15.3 Å². The molecule has 194 valence electrons. The van der Waals surface area contributed by atoms with Gasteiger partial charge in [-0.15, -0.1) is 0 Å². The van der Waals surface area contributed by atoms with Gasteiger partial charge in [-0.25, -0.2) is 9.97 Å². The zero-order chi connectivity index (χ0) is 26.2. The number of thioether (sulfide) groups is 1. The lowest BCUT2D eigenvalue weighted by atomic mass is 10.0. The van der Waals surface area contributed by atoms with Crippen molar-refractivity contribution in [3.8, 4) is 0 Å². The Morgan fingerprint density at radius 1 is 0.868 bits per heavy atom. The van der Waals surface area contributed by atoms with E-state index in [9.17, 15) is 9.90 Å². The lowest BCUT2D eigenvalue weighted by Crippen LogP contribution is -2.31. The van der Waals surface area contributed by atoms with E-state index < -0.39 is 6.29 Å². The van der Waals surface area contributed by atoms with Crippen molar-refractivity contribution in [3.05, 3.63) is 125 Å². The van der Waals surface area contributed by atoms with Gasteiger partial charge in [0.15, 0.2) is 11.4 Å². The fourth-order valence-corrected chi connectivity index (χ4v) is 5.04. The number of rotatable bonds is 9. The van der Waals surface area contributed by atoms with Crippen molar-refractivity contribution in [2.45, 2.75) is 43.2 Å². The van der Waals surface area contributed by atoms with Crippen LogP contribution in [0.3, 0.4) is 0 Å². The number of carbonyl (C=O) groups excluding carboxylic acids is 1. The number of benzene rings is 3. The minimum Gasteiger partial charge on any atom is -0.392 e. The van der Waals surface area contributed by atoms with Crippen LogP contribution in [0, 0.1) is 0 Å². The molecular formula is C30H29N3O4S. The second-order valence-corrected chi connectivity index (χ2v) is 9.97. The number of ether oxygens (including phenoxy) is 2. The molecule has 38 heavy (non-hydrogen) atoms. The van der Waals surface area contributed by atoms with Gasteiger partial charge < -0.3 is 19.9 Å². The van der Waals surface area contributed by atoms with Gasteiger partial charge in [0, 0.05) is 42.2 Å². The Labute approximate surface area is 226 Å². The van der Waals surface area contributed by atoms with Crippen LogP contribution in [0.5, 0.6) is 0 Å². The van der Waals surface area contributed by atoms with E-state index in [0.29, 0.717) is 29.4 Å². The fourth-order valence-electron chi connectivity index (χ4n) is 4.22. The molecule has 8 heteroatoms. The number of hydrogen-bond donors (Lipinski definition) is 2. The number of nitrogens with zero attached hydrogens (tertiary/aromatic N) is 2. The molecule has 0 unspecified atom stereocenters. The van der Waals surface area contributed by atoms with Crippen LogP contribution in [0.2, 0.25) is 0 Å². The minimum absolute atomic E-state index is 0.00598. The highest BCUT2D eigenvalue weighted by molar-refractivity contribution is 7.99. The van der Waals surface area contributed by atoms with Crippen LogP contribution < -0.4 is 5.32 Å². The third-order valence-corrected chi connectivity index (χ3v) is 7.30. The predicted octanol–water partition coefficient (Wildman–Crippen LogP) is 5.24. The SMILES string of the molecule is O=C(NCc1ccc([C@@H]2O[C@H](CSc3ncccn3)C[C@H](c3ccc(CO)cc3)O2)cc1)c1ccccc1. The van der Waals surface area contributed by atoms with Crippen molar-refractivity contribution in [2.24, 2.45) is 0 Å². The molecule has 0 bridgehead atoms. The highest BCUT2D eigenvalue weighted by Crippen LogP contribution is 2.39. The summed E-state index contributed by atoms with van der Waals surface area (Å²) in [5.41, 5.74) is 4.43. The summed E-state index contributed by atoms with van der Waals surface area (Å²) in [6.45, 7) is 0.433. The molecule has 3 aromatic carbocycles. The van der Waals surface area contributed by atoms with Gasteiger partial charge in [-0.2, -0.15) is 0 Å². The Bertz CT molecular complexity index is 1310. The molecule has 0 aliphatic carbocycles. The lowest BCUT2D eigenvalue weighted by Gasteiger charge is -2.36. The zero-order valence-electron chi connectivity index (χ0n) is 20.8. The first-order valence-electron chi connectivity index (χ1n) is 12.5. The summed E-state index contributed by atoms with van der Waals surface area (Å²) < 4.78 is 12.8. The van der Waals surface area contributed by atoms with E-state index in [1.807, 2.05) is 66.7 Å². The first-order valence-corrected chi connectivity index (χ1v) is 13.5. The number of amides is 1. The Balaban J connectivity index is 1.27. The van der Waals surface area contributed by atoms with Gasteiger partial charge >= 0.3 is 0 Å². The topological polar surface area (TPSA) is 93.6 Å².